The van der Waals surface area contributed by atoms with E-state index in [9.17, 15) is 4.79 Å². The Hall–Kier alpha value is -3.36. The zero-order valence-electron chi connectivity index (χ0n) is 19.5. The number of aromatic nitrogens is 1. The topological polar surface area (TPSA) is 64.1 Å². The number of amides is 1. The maximum absolute atomic E-state index is 13.6. The highest BCUT2D eigenvalue weighted by Crippen LogP contribution is 2.36. The largest absolute Gasteiger partial charge is 0.489 e. The SMILES string of the molecule is C=CCOc1ccccc1CN(C(=O)CN(C)Cc1csc(CC)n1)c1ccc2c(c1)OCO2. The number of para-hydroxylation sites is 1. The summed E-state index contributed by atoms with van der Waals surface area (Å²) in [6, 6.07) is 13.3. The van der Waals surface area contributed by atoms with E-state index in [1.807, 2.05) is 54.4 Å². The van der Waals surface area contributed by atoms with Crippen molar-refractivity contribution in [1.29, 1.82) is 0 Å². The first-order valence-electron chi connectivity index (χ1n) is 11.2. The van der Waals surface area contributed by atoms with Gasteiger partial charge in [-0.3, -0.25) is 9.69 Å². The number of fused-ring (bicyclic) bond motifs is 1. The van der Waals surface area contributed by atoms with E-state index in [2.05, 4.69) is 23.9 Å². The Labute approximate surface area is 204 Å². The van der Waals surface area contributed by atoms with Crippen LogP contribution in [0.2, 0.25) is 0 Å². The number of hydrogen-bond acceptors (Lipinski definition) is 7. The van der Waals surface area contributed by atoms with Crippen molar-refractivity contribution in [1.82, 2.24) is 9.88 Å². The van der Waals surface area contributed by atoms with Gasteiger partial charge in [0.05, 0.1) is 23.8 Å². The third-order valence-electron chi connectivity index (χ3n) is 5.37. The number of aryl methyl sites for hydroxylation is 1. The van der Waals surface area contributed by atoms with Gasteiger partial charge in [-0.2, -0.15) is 0 Å². The Balaban J connectivity index is 1.56. The quantitative estimate of drug-likeness (QED) is 0.373. The van der Waals surface area contributed by atoms with Gasteiger partial charge in [0.25, 0.3) is 0 Å². The molecule has 2 aromatic carbocycles. The van der Waals surface area contributed by atoms with Gasteiger partial charge in [-0.1, -0.05) is 37.8 Å². The number of nitrogens with zero attached hydrogens (tertiary/aromatic N) is 3. The van der Waals surface area contributed by atoms with Crippen LogP contribution in [0.1, 0.15) is 23.2 Å². The van der Waals surface area contributed by atoms with Gasteiger partial charge in [-0.15, -0.1) is 11.3 Å². The van der Waals surface area contributed by atoms with Crippen LogP contribution >= 0.6 is 11.3 Å². The van der Waals surface area contributed by atoms with Gasteiger partial charge in [-0.25, -0.2) is 4.98 Å². The summed E-state index contributed by atoms with van der Waals surface area (Å²) in [5, 5.41) is 3.16. The number of likely N-dealkylation sites (N-methyl/N-ethyl adjacent to an activating group) is 1. The number of carbonyl (C=O) groups excluding carboxylic acids is 1. The van der Waals surface area contributed by atoms with Crippen LogP contribution in [0.3, 0.4) is 0 Å². The van der Waals surface area contributed by atoms with E-state index in [-0.39, 0.29) is 19.2 Å². The third-order valence-corrected chi connectivity index (χ3v) is 6.41. The third kappa shape index (κ3) is 5.76. The van der Waals surface area contributed by atoms with Crippen molar-refractivity contribution in [2.75, 3.05) is 31.9 Å². The van der Waals surface area contributed by atoms with Crippen LogP contribution in [0.25, 0.3) is 0 Å². The number of anilines is 1. The van der Waals surface area contributed by atoms with Gasteiger partial charge in [0.1, 0.15) is 12.4 Å². The maximum atomic E-state index is 13.6. The normalized spacial score (nSPS) is 12.1. The number of carbonyl (C=O) groups is 1. The second-order valence-electron chi connectivity index (χ2n) is 7.98. The number of rotatable bonds is 11. The van der Waals surface area contributed by atoms with E-state index in [1.54, 1.807) is 22.3 Å². The molecule has 0 spiro atoms. The van der Waals surface area contributed by atoms with Crippen molar-refractivity contribution in [3.05, 3.63) is 76.8 Å². The van der Waals surface area contributed by atoms with Crippen molar-refractivity contribution < 1.29 is 19.0 Å². The average molecular weight is 480 g/mol. The van der Waals surface area contributed by atoms with E-state index in [4.69, 9.17) is 14.2 Å². The van der Waals surface area contributed by atoms with Crippen LogP contribution in [-0.2, 0) is 24.3 Å². The molecule has 0 atom stereocenters. The maximum Gasteiger partial charge on any atom is 0.241 e. The fraction of sp³-hybridized carbons (Fsp3) is 0.308. The minimum atomic E-state index is -0.0363. The molecular weight excluding hydrogens is 450 g/mol. The van der Waals surface area contributed by atoms with Gasteiger partial charge in [0, 0.05) is 29.2 Å². The van der Waals surface area contributed by atoms with Crippen LogP contribution in [0.15, 0.2) is 60.5 Å². The summed E-state index contributed by atoms with van der Waals surface area (Å²) < 4.78 is 16.8. The van der Waals surface area contributed by atoms with Crippen LogP contribution < -0.4 is 19.1 Å². The van der Waals surface area contributed by atoms with Crippen LogP contribution in [-0.4, -0.2) is 42.8 Å². The molecule has 0 radical (unpaired) electrons. The Bertz CT molecular complexity index is 1150. The lowest BCUT2D eigenvalue weighted by molar-refractivity contribution is -0.119. The lowest BCUT2D eigenvalue weighted by atomic mass is 10.1. The van der Waals surface area contributed by atoms with E-state index < -0.39 is 0 Å². The first-order valence-corrected chi connectivity index (χ1v) is 12.1. The second kappa shape index (κ2) is 11.2. The summed E-state index contributed by atoms with van der Waals surface area (Å²) in [7, 11) is 1.93. The summed E-state index contributed by atoms with van der Waals surface area (Å²) in [6.07, 6.45) is 2.62. The predicted octanol–water partition coefficient (Wildman–Crippen LogP) is 4.66. The van der Waals surface area contributed by atoms with Gasteiger partial charge in [0.2, 0.25) is 12.7 Å². The van der Waals surface area contributed by atoms with Gasteiger partial charge < -0.3 is 19.1 Å². The van der Waals surface area contributed by atoms with E-state index in [0.717, 1.165) is 34.1 Å². The molecule has 0 aliphatic carbocycles. The van der Waals surface area contributed by atoms with Gasteiger partial charge >= 0.3 is 0 Å². The summed E-state index contributed by atoms with van der Waals surface area (Å²) >= 11 is 1.65. The molecule has 2 heterocycles. The standard InChI is InChI=1S/C26H29N3O4S/c1-4-12-31-22-9-7-6-8-19(22)14-29(21-10-11-23-24(13-21)33-18-32-23)26(30)16-28(3)15-20-17-34-25(5-2)27-20/h4,6-11,13,17H,1,5,12,14-16,18H2,2-3H3. The Morgan fingerprint density at radius 1 is 1.21 bits per heavy atom. The molecule has 0 N–H and O–H groups in total. The van der Waals surface area contributed by atoms with E-state index in [0.29, 0.717) is 31.2 Å². The molecule has 1 aliphatic heterocycles. The summed E-state index contributed by atoms with van der Waals surface area (Å²) in [4.78, 5) is 21.9. The number of thiazole rings is 1. The molecule has 1 amide bonds. The van der Waals surface area contributed by atoms with Crippen LogP contribution in [0.4, 0.5) is 5.69 Å². The molecule has 7 nitrogen and oxygen atoms in total. The lowest BCUT2D eigenvalue weighted by Crippen LogP contribution is -2.38. The molecule has 178 valence electrons. The number of hydrogen-bond donors (Lipinski definition) is 0. The molecular formula is C26H29N3O4S. The van der Waals surface area contributed by atoms with Crippen molar-refractivity contribution in [3.8, 4) is 17.2 Å². The minimum Gasteiger partial charge on any atom is -0.489 e. The Kier molecular flexibility index (Phi) is 7.82. The monoisotopic (exact) mass is 479 g/mol. The van der Waals surface area contributed by atoms with Crippen molar-refractivity contribution in [3.63, 3.8) is 0 Å². The number of ether oxygens (including phenoxy) is 3. The molecule has 0 fully saturated rings. The van der Waals surface area contributed by atoms with Crippen molar-refractivity contribution in [2.24, 2.45) is 0 Å². The highest BCUT2D eigenvalue weighted by molar-refractivity contribution is 7.09. The highest BCUT2D eigenvalue weighted by atomic mass is 32.1. The Morgan fingerprint density at radius 3 is 2.82 bits per heavy atom. The lowest BCUT2D eigenvalue weighted by Gasteiger charge is -2.26. The number of benzene rings is 2. The molecule has 3 aromatic rings. The highest BCUT2D eigenvalue weighted by Gasteiger charge is 2.23. The molecule has 1 aromatic heterocycles. The first-order chi connectivity index (χ1) is 16.6. The molecule has 0 saturated carbocycles. The summed E-state index contributed by atoms with van der Waals surface area (Å²) in [6.45, 7) is 7.60. The van der Waals surface area contributed by atoms with Gasteiger partial charge in [-0.05, 0) is 31.7 Å². The van der Waals surface area contributed by atoms with Crippen molar-refractivity contribution >= 4 is 22.9 Å². The zero-order chi connectivity index (χ0) is 23.9. The predicted molar refractivity (Wildman–Crippen MR) is 134 cm³/mol. The van der Waals surface area contributed by atoms with E-state index >= 15 is 0 Å². The van der Waals surface area contributed by atoms with Crippen molar-refractivity contribution in [2.45, 2.75) is 26.4 Å². The molecule has 34 heavy (non-hydrogen) atoms. The van der Waals surface area contributed by atoms with Crippen LogP contribution in [0, 0.1) is 0 Å². The van der Waals surface area contributed by atoms with E-state index in [1.165, 1.54) is 0 Å². The molecule has 0 bridgehead atoms. The fourth-order valence-electron chi connectivity index (χ4n) is 3.70. The zero-order valence-corrected chi connectivity index (χ0v) is 20.3. The second-order valence-corrected chi connectivity index (χ2v) is 8.93. The summed E-state index contributed by atoms with van der Waals surface area (Å²) in [5.74, 6) is 2.00. The first kappa shape index (κ1) is 23.8. The molecule has 1 aliphatic rings. The average Bonchev–Trinajstić information content (AvgIpc) is 3.50. The van der Waals surface area contributed by atoms with Crippen LogP contribution in [0.5, 0.6) is 17.2 Å². The fourth-order valence-corrected chi connectivity index (χ4v) is 4.44. The molecule has 4 rings (SSSR count). The molecule has 8 heteroatoms. The molecule has 0 unspecified atom stereocenters. The Morgan fingerprint density at radius 2 is 2.03 bits per heavy atom. The summed E-state index contributed by atoms with van der Waals surface area (Å²) in [5.41, 5.74) is 2.63. The van der Waals surface area contributed by atoms with Gasteiger partial charge in [0.15, 0.2) is 11.5 Å². The minimum absolute atomic E-state index is 0.0363. The smallest absolute Gasteiger partial charge is 0.241 e. The molecule has 0 saturated heterocycles.